The molecule has 148 valence electrons. The van der Waals surface area contributed by atoms with Gasteiger partial charge < -0.3 is 5.32 Å². The molecule has 2 saturated heterocycles. The SMILES string of the molecule is C[C@@H](C(=O)N1CCNC1=O)N1CCN(Cc2cccc(C(F)(F)F)c2)CC1. The lowest BCUT2D eigenvalue weighted by Crippen LogP contribution is -2.54. The molecule has 2 fully saturated rings. The quantitative estimate of drug-likeness (QED) is 0.860. The van der Waals surface area contributed by atoms with E-state index in [9.17, 15) is 22.8 Å². The summed E-state index contributed by atoms with van der Waals surface area (Å²) in [6, 6.07) is 4.63. The van der Waals surface area contributed by atoms with Crippen LogP contribution in [0.25, 0.3) is 0 Å². The molecule has 0 aliphatic carbocycles. The number of benzene rings is 1. The zero-order valence-electron chi connectivity index (χ0n) is 15.1. The molecule has 0 bridgehead atoms. The highest BCUT2D eigenvalue weighted by Gasteiger charge is 2.34. The summed E-state index contributed by atoms with van der Waals surface area (Å²) in [5.41, 5.74) is -0.0158. The molecule has 9 heteroatoms. The molecule has 1 aromatic rings. The number of piperazine rings is 1. The largest absolute Gasteiger partial charge is 0.416 e. The number of hydrogen-bond acceptors (Lipinski definition) is 4. The third kappa shape index (κ3) is 4.59. The van der Waals surface area contributed by atoms with Crippen LogP contribution in [-0.4, -0.2) is 71.9 Å². The van der Waals surface area contributed by atoms with Crippen LogP contribution in [0.4, 0.5) is 18.0 Å². The van der Waals surface area contributed by atoms with E-state index in [1.165, 1.54) is 17.0 Å². The number of rotatable bonds is 4. The van der Waals surface area contributed by atoms with Crippen LogP contribution in [0, 0.1) is 0 Å². The van der Waals surface area contributed by atoms with Crippen molar-refractivity contribution in [1.82, 2.24) is 20.0 Å². The Morgan fingerprint density at radius 3 is 2.48 bits per heavy atom. The lowest BCUT2D eigenvalue weighted by atomic mass is 10.1. The van der Waals surface area contributed by atoms with Gasteiger partial charge in [-0.3, -0.25) is 19.5 Å². The van der Waals surface area contributed by atoms with Gasteiger partial charge in [-0.1, -0.05) is 18.2 Å². The number of nitrogens with one attached hydrogen (secondary N) is 1. The average molecular weight is 384 g/mol. The molecule has 0 unspecified atom stereocenters. The fraction of sp³-hybridized carbons (Fsp3) is 0.556. The molecular formula is C18H23F3N4O2. The van der Waals surface area contributed by atoms with Crippen LogP contribution in [0.5, 0.6) is 0 Å². The van der Waals surface area contributed by atoms with Crippen molar-refractivity contribution in [1.29, 1.82) is 0 Å². The van der Waals surface area contributed by atoms with E-state index in [1.54, 1.807) is 13.0 Å². The lowest BCUT2D eigenvalue weighted by Gasteiger charge is -2.38. The number of halogens is 3. The minimum absolute atomic E-state index is 0.212. The summed E-state index contributed by atoms with van der Waals surface area (Å²) in [5.74, 6) is -0.212. The molecule has 2 aliphatic rings. The minimum atomic E-state index is -4.34. The maximum absolute atomic E-state index is 12.8. The van der Waals surface area contributed by atoms with Crippen molar-refractivity contribution in [2.24, 2.45) is 0 Å². The summed E-state index contributed by atoms with van der Waals surface area (Å²) < 4.78 is 38.5. The van der Waals surface area contributed by atoms with Crippen molar-refractivity contribution >= 4 is 11.9 Å². The predicted octanol–water partition coefficient (Wildman–Crippen LogP) is 1.76. The minimum Gasteiger partial charge on any atom is -0.336 e. The Labute approximate surface area is 155 Å². The standard InChI is InChI=1S/C18H23F3N4O2/c1-13(16(26)25-6-5-22-17(25)27)24-9-7-23(8-10-24)12-14-3-2-4-15(11-14)18(19,20)21/h2-4,11,13H,5-10,12H2,1H3,(H,22,27)/t13-/m0/s1. The Hall–Kier alpha value is -2.13. The van der Waals surface area contributed by atoms with Crippen LogP contribution >= 0.6 is 0 Å². The molecular weight excluding hydrogens is 361 g/mol. The zero-order valence-corrected chi connectivity index (χ0v) is 15.1. The normalized spacial score (nSPS) is 20.6. The smallest absolute Gasteiger partial charge is 0.336 e. The Bertz CT molecular complexity index is 702. The van der Waals surface area contributed by atoms with Crippen molar-refractivity contribution in [3.8, 4) is 0 Å². The van der Waals surface area contributed by atoms with Gasteiger partial charge >= 0.3 is 12.2 Å². The van der Waals surface area contributed by atoms with E-state index in [0.29, 0.717) is 51.4 Å². The van der Waals surface area contributed by atoms with Crippen LogP contribution in [0.2, 0.25) is 0 Å². The second-order valence-electron chi connectivity index (χ2n) is 6.91. The maximum atomic E-state index is 12.8. The number of hydrogen-bond donors (Lipinski definition) is 1. The Balaban J connectivity index is 1.53. The van der Waals surface area contributed by atoms with Crippen molar-refractivity contribution in [3.63, 3.8) is 0 Å². The summed E-state index contributed by atoms with van der Waals surface area (Å²) in [5, 5.41) is 2.62. The van der Waals surface area contributed by atoms with E-state index < -0.39 is 17.8 Å². The number of carbonyl (C=O) groups excluding carboxylic acids is 2. The molecule has 1 atom stereocenters. The third-order valence-corrected chi connectivity index (χ3v) is 5.10. The van der Waals surface area contributed by atoms with Crippen molar-refractivity contribution < 1.29 is 22.8 Å². The Kier molecular flexibility index (Phi) is 5.71. The average Bonchev–Trinajstić information content (AvgIpc) is 3.06. The van der Waals surface area contributed by atoms with Gasteiger partial charge in [0, 0.05) is 45.8 Å². The monoisotopic (exact) mass is 384 g/mol. The van der Waals surface area contributed by atoms with Gasteiger partial charge in [-0.25, -0.2) is 4.79 Å². The number of imide groups is 1. The molecule has 27 heavy (non-hydrogen) atoms. The van der Waals surface area contributed by atoms with Crippen LogP contribution < -0.4 is 5.32 Å². The first kappa shape index (κ1) is 19.6. The molecule has 1 N–H and O–H groups in total. The third-order valence-electron chi connectivity index (χ3n) is 5.10. The van der Waals surface area contributed by atoms with Gasteiger partial charge in [0.25, 0.3) is 0 Å². The first-order valence-electron chi connectivity index (χ1n) is 8.97. The van der Waals surface area contributed by atoms with Crippen LogP contribution in [0.3, 0.4) is 0 Å². The molecule has 0 spiro atoms. The van der Waals surface area contributed by atoms with Gasteiger partial charge in [0.15, 0.2) is 0 Å². The predicted molar refractivity (Wildman–Crippen MR) is 92.9 cm³/mol. The molecule has 3 rings (SSSR count). The van der Waals surface area contributed by atoms with Gasteiger partial charge in [-0.15, -0.1) is 0 Å². The van der Waals surface area contributed by atoms with E-state index in [4.69, 9.17) is 0 Å². The van der Waals surface area contributed by atoms with E-state index in [1.807, 2.05) is 4.90 Å². The molecule has 6 nitrogen and oxygen atoms in total. The summed E-state index contributed by atoms with van der Waals surface area (Å²) in [7, 11) is 0. The fourth-order valence-electron chi connectivity index (χ4n) is 3.48. The van der Waals surface area contributed by atoms with E-state index >= 15 is 0 Å². The summed E-state index contributed by atoms with van der Waals surface area (Å²) in [6.45, 7) is 5.65. The fourth-order valence-corrected chi connectivity index (χ4v) is 3.48. The second-order valence-corrected chi connectivity index (χ2v) is 6.91. The highest BCUT2D eigenvalue weighted by Crippen LogP contribution is 2.29. The zero-order chi connectivity index (χ0) is 19.6. The van der Waals surface area contributed by atoms with Crippen molar-refractivity contribution in [3.05, 3.63) is 35.4 Å². The number of carbonyl (C=O) groups is 2. The Morgan fingerprint density at radius 2 is 1.89 bits per heavy atom. The highest BCUT2D eigenvalue weighted by molar-refractivity contribution is 5.98. The van der Waals surface area contributed by atoms with Crippen LogP contribution in [-0.2, 0) is 17.5 Å². The van der Waals surface area contributed by atoms with Crippen LogP contribution in [0.1, 0.15) is 18.1 Å². The number of amides is 3. The van der Waals surface area contributed by atoms with Gasteiger partial charge in [-0.05, 0) is 18.6 Å². The topological polar surface area (TPSA) is 55.9 Å². The second kappa shape index (κ2) is 7.85. The van der Waals surface area contributed by atoms with E-state index in [-0.39, 0.29) is 11.9 Å². The van der Waals surface area contributed by atoms with Gasteiger partial charge in [0.05, 0.1) is 11.6 Å². The summed E-state index contributed by atoms with van der Waals surface area (Å²) in [6.07, 6.45) is -4.34. The van der Waals surface area contributed by atoms with Crippen LogP contribution in [0.15, 0.2) is 24.3 Å². The summed E-state index contributed by atoms with van der Waals surface area (Å²) in [4.78, 5) is 29.4. The first-order chi connectivity index (χ1) is 12.8. The number of alkyl halides is 3. The van der Waals surface area contributed by atoms with E-state index in [2.05, 4.69) is 10.2 Å². The van der Waals surface area contributed by atoms with Crippen molar-refractivity contribution in [2.75, 3.05) is 39.3 Å². The molecule has 0 saturated carbocycles. The van der Waals surface area contributed by atoms with E-state index in [0.717, 1.165) is 6.07 Å². The molecule has 2 heterocycles. The highest BCUT2D eigenvalue weighted by atomic mass is 19.4. The van der Waals surface area contributed by atoms with Gasteiger partial charge in [0.2, 0.25) is 5.91 Å². The van der Waals surface area contributed by atoms with Gasteiger partial charge in [0.1, 0.15) is 0 Å². The van der Waals surface area contributed by atoms with Crippen molar-refractivity contribution in [2.45, 2.75) is 25.7 Å². The first-order valence-corrected chi connectivity index (χ1v) is 8.97. The molecule has 2 aliphatic heterocycles. The molecule has 3 amide bonds. The number of nitrogens with zero attached hydrogens (tertiary/aromatic N) is 3. The Morgan fingerprint density at radius 1 is 1.19 bits per heavy atom. The maximum Gasteiger partial charge on any atom is 0.416 e. The van der Waals surface area contributed by atoms with Gasteiger partial charge in [-0.2, -0.15) is 13.2 Å². The molecule has 0 radical (unpaired) electrons. The lowest BCUT2D eigenvalue weighted by molar-refractivity contribution is -0.137. The molecule has 1 aromatic carbocycles. The molecule has 0 aromatic heterocycles. The summed E-state index contributed by atoms with van der Waals surface area (Å²) >= 11 is 0. The number of urea groups is 1.